The summed E-state index contributed by atoms with van der Waals surface area (Å²) in [5.74, 6) is 0.336. The van der Waals surface area contributed by atoms with E-state index in [4.69, 9.17) is 0 Å². The first kappa shape index (κ1) is 18.4. The molecule has 0 aliphatic carbocycles. The molecule has 1 aromatic carbocycles. The molecule has 1 saturated heterocycles. The van der Waals surface area contributed by atoms with Gasteiger partial charge in [-0.25, -0.2) is 27.6 Å². The number of benzene rings is 1. The number of rotatable bonds is 4. The Labute approximate surface area is 162 Å². The molecule has 0 saturated carbocycles. The molecule has 2 aromatic heterocycles. The Hall–Kier alpha value is -2.95. The Morgan fingerprint density at radius 3 is 2.82 bits per heavy atom. The molecule has 1 N–H and O–H groups in total. The first-order valence-electron chi connectivity index (χ1n) is 8.55. The van der Waals surface area contributed by atoms with Gasteiger partial charge in [0.05, 0.1) is 5.69 Å². The van der Waals surface area contributed by atoms with Crippen molar-refractivity contribution in [3.63, 3.8) is 0 Å². The Kier molecular flexibility index (Phi) is 4.99. The third kappa shape index (κ3) is 3.57. The number of anilines is 2. The van der Waals surface area contributed by atoms with E-state index in [2.05, 4.69) is 15.4 Å². The average molecular weight is 406 g/mol. The van der Waals surface area contributed by atoms with Crippen LogP contribution in [0.4, 0.5) is 20.3 Å². The minimum atomic E-state index is -0.772. The second-order valence-electron chi connectivity index (χ2n) is 6.16. The predicted molar refractivity (Wildman–Crippen MR) is 102 cm³/mol. The zero-order chi connectivity index (χ0) is 19.7. The highest BCUT2D eigenvalue weighted by Gasteiger charge is 2.20. The quantitative estimate of drug-likeness (QED) is 0.704. The topological polar surface area (TPSA) is 84.5 Å². The van der Waals surface area contributed by atoms with Crippen LogP contribution in [0, 0.1) is 11.6 Å². The highest BCUT2D eigenvalue weighted by atomic mass is 32.2. The number of aromatic nitrogens is 4. The molecule has 1 fully saturated rings. The largest absolute Gasteiger partial charge is 0.352 e. The Morgan fingerprint density at radius 1 is 1.25 bits per heavy atom. The molecule has 1 aliphatic heterocycles. The van der Waals surface area contributed by atoms with E-state index in [0.29, 0.717) is 11.5 Å². The van der Waals surface area contributed by atoms with Crippen LogP contribution < -0.4 is 15.9 Å². The molecule has 3 heterocycles. The van der Waals surface area contributed by atoms with E-state index < -0.39 is 29.8 Å². The van der Waals surface area contributed by atoms with E-state index in [1.54, 1.807) is 0 Å². The smallest absolute Gasteiger partial charge is 0.350 e. The molecule has 11 heteroatoms. The van der Waals surface area contributed by atoms with Gasteiger partial charge in [-0.1, -0.05) is 0 Å². The van der Waals surface area contributed by atoms with Crippen molar-refractivity contribution >= 4 is 34.8 Å². The average Bonchev–Trinajstić information content (AvgIpc) is 3.01. The highest BCUT2D eigenvalue weighted by Crippen LogP contribution is 2.20. The molecule has 0 bridgehead atoms. The van der Waals surface area contributed by atoms with Crippen molar-refractivity contribution in [2.45, 2.75) is 6.54 Å². The van der Waals surface area contributed by atoms with Crippen LogP contribution in [-0.2, 0) is 11.3 Å². The van der Waals surface area contributed by atoms with E-state index in [1.807, 2.05) is 16.7 Å². The van der Waals surface area contributed by atoms with Gasteiger partial charge >= 0.3 is 5.69 Å². The molecule has 28 heavy (non-hydrogen) atoms. The third-order valence-corrected chi connectivity index (χ3v) is 5.23. The molecule has 0 spiro atoms. The van der Waals surface area contributed by atoms with Crippen LogP contribution in [0.15, 0.2) is 35.4 Å². The minimum Gasteiger partial charge on any atom is -0.352 e. The Morgan fingerprint density at radius 2 is 2.04 bits per heavy atom. The van der Waals surface area contributed by atoms with Gasteiger partial charge in [0.2, 0.25) is 11.6 Å². The van der Waals surface area contributed by atoms with Crippen molar-refractivity contribution in [2.24, 2.45) is 0 Å². The molecule has 8 nitrogen and oxygen atoms in total. The Bertz CT molecular complexity index is 1090. The monoisotopic (exact) mass is 406 g/mol. The second-order valence-corrected chi connectivity index (χ2v) is 7.38. The summed E-state index contributed by atoms with van der Waals surface area (Å²) in [6, 6.07) is 2.73. The number of amides is 1. The van der Waals surface area contributed by atoms with Crippen LogP contribution in [0.1, 0.15) is 0 Å². The SMILES string of the molecule is O=C(Cn1nc2c(N3CCSCC3)nccn2c1=O)Nc1cc(F)ccc1F. The van der Waals surface area contributed by atoms with Gasteiger partial charge in [-0.3, -0.25) is 4.79 Å². The van der Waals surface area contributed by atoms with Crippen molar-refractivity contribution in [1.29, 1.82) is 0 Å². The molecule has 0 radical (unpaired) electrons. The minimum absolute atomic E-state index is 0.296. The Balaban J connectivity index is 1.60. The fourth-order valence-electron chi connectivity index (χ4n) is 2.96. The maximum atomic E-state index is 13.7. The fraction of sp³-hybridized carbons (Fsp3) is 0.294. The number of nitrogens with zero attached hydrogens (tertiary/aromatic N) is 5. The summed E-state index contributed by atoms with van der Waals surface area (Å²) in [5, 5.41) is 6.49. The van der Waals surface area contributed by atoms with Gasteiger partial charge in [-0.05, 0) is 12.1 Å². The van der Waals surface area contributed by atoms with Crippen molar-refractivity contribution in [3.8, 4) is 0 Å². The van der Waals surface area contributed by atoms with Gasteiger partial charge in [0.25, 0.3) is 0 Å². The molecule has 0 atom stereocenters. The number of halogens is 2. The van der Waals surface area contributed by atoms with Crippen LogP contribution in [0.5, 0.6) is 0 Å². The van der Waals surface area contributed by atoms with E-state index in [9.17, 15) is 18.4 Å². The fourth-order valence-corrected chi connectivity index (χ4v) is 3.86. The van der Waals surface area contributed by atoms with Crippen LogP contribution in [0.3, 0.4) is 0 Å². The summed E-state index contributed by atoms with van der Waals surface area (Å²) in [7, 11) is 0. The third-order valence-electron chi connectivity index (χ3n) is 4.29. The molecule has 1 aliphatic rings. The molecule has 3 aromatic rings. The first-order chi connectivity index (χ1) is 13.5. The number of fused-ring (bicyclic) bond motifs is 1. The maximum Gasteiger partial charge on any atom is 0.350 e. The number of carbonyl (C=O) groups is 1. The van der Waals surface area contributed by atoms with Gasteiger partial charge in [0.1, 0.15) is 18.2 Å². The molecular formula is C17H16F2N6O2S. The van der Waals surface area contributed by atoms with Gasteiger partial charge in [0.15, 0.2) is 5.82 Å². The molecule has 4 rings (SSSR count). The number of nitrogens with one attached hydrogen (secondary N) is 1. The number of carbonyl (C=O) groups excluding carboxylic acids is 1. The van der Waals surface area contributed by atoms with E-state index >= 15 is 0 Å². The summed E-state index contributed by atoms with van der Waals surface area (Å²) >= 11 is 1.84. The van der Waals surface area contributed by atoms with E-state index in [1.165, 1.54) is 16.8 Å². The zero-order valence-corrected chi connectivity index (χ0v) is 15.5. The number of hydrogen-bond donors (Lipinski definition) is 1. The second kappa shape index (κ2) is 7.58. The zero-order valence-electron chi connectivity index (χ0n) is 14.6. The van der Waals surface area contributed by atoms with Crippen molar-refractivity contribution in [1.82, 2.24) is 19.2 Å². The van der Waals surface area contributed by atoms with Crippen molar-refractivity contribution < 1.29 is 13.6 Å². The standard InChI is InChI=1S/C17H16F2N6O2S/c18-11-1-2-12(19)13(9-11)21-14(26)10-25-17(27)24-4-3-20-15(16(24)22-25)23-5-7-28-8-6-23/h1-4,9H,5-8,10H2,(H,21,26). The summed E-state index contributed by atoms with van der Waals surface area (Å²) in [4.78, 5) is 31.2. The number of hydrogen-bond acceptors (Lipinski definition) is 6. The molecule has 146 valence electrons. The summed E-state index contributed by atoms with van der Waals surface area (Å²) < 4.78 is 29.2. The van der Waals surface area contributed by atoms with Crippen LogP contribution >= 0.6 is 11.8 Å². The van der Waals surface area contributed by atoms with Crippen LogP contribution in [-0.4, -0.2) is 49.7 Å². The lowest BCUT2D eigenvalue weighted by atomic mass is 10.3. The van der Waals surface area contributed by atoms with Crippen LogP contribution in [0.25, 0.3) is 5.65 Å². The van der Waals surface area contributed by atoms with Gasteiger partial charge in [-0.15, -0.1) is 5.10 Å². The van der Waals surface area contributed by atoms with Gasteiger partial charge in [0, 0.05) is 43.1 Å². The van der Waals surface area contributed by atoms with Crippen molar-refractivity contribution in [3.05, 3.63) is 52.7 Å². The summed E-state index contributed by atoms with van der Waals surface area (Å²) in [6.07, 6.45) is 2.99. The molecular weight excluding hydrogens is 390 g/mol. The summed E-state index contributed by atoms with van der Waals surface area (Å²) in [5.41, 5.74) is -0.459. The first-order valence-corrected chi connectivity index (χ1v) is 9.70. The predicted octanol–water partition coefficient (Wildman–Crippen LogP) is 1.36. The lowest BCUT2D eigenvalue weighted by molar-refractivity contribution is -0.117. The summed E-state index contributed by atoms with van der Waals surface area (Å²) in [6.45, 7) is 1.14. The highest BCUT2D eigenvalue weighted by molar-refractivity contribution is 7.99. The normalized spacial score (nSPS) is 14.4. The van der Waals surface area contributed by atoms with E-state index in [-0.39, 0.29) is 5.69 Å². The molecule has 1 amide bonds. The van der Waals surface area contributed by atoms with Crippen molar-refractivity contribution in [2.75, 3.05) is 34.8 Å². The van der Waals surface area contributed by atoms with Crippen LogP contribution in [0.2, 0.25) is 0 Å². The van der Waals surface area contributed by atoms with E-state index in [0.717, 1.165) is 47.5 Å². The maximum absolute atomic E-state index is 13.7. The van der Waals surface area contributed by atoms with Gasteiger partial charge in [-0.2, -0.15) is 11.8 Å². The molecule has 0 unspecified atom stereocenters. The lowest BCUT2D eigenvalue weighted by Gasteiger charge is -2.27. The number of thioether (sulfide) groups is 1. The lowest BCUT2D eigenvalue weighted by Crippen LogP contribution is -2.33. The van der Waals surface area contributed by atoms with Gasteiger partial charge < -0.3 is 10.2 Å².